The van der Waals surface area contributed by atoms with E-state index in [0.29, 0.717) is 29.9 Å². The summed E-state index contributed by atoms with van der Waals surface area (Å²) in [6.45, 7) is 3.72. The van der Waals surface area contributed by atoms with Crippen LogP contribution in [0.3, 0.4) is 0 Å². The number of allylic oxidation sites excluding steroid dienone is 1. The van der Waals surface area contributed by atoms with Gasteiger partial charge in [-0.15, -0.1) is 6.58 Å². The minimum atomic E-state index is -1.57. The summed E-state index contributed by atoms with van der Waals surface area (Å²) in [6.07, 6.45) is 4.06. The number of unbranched alkanes of at least 4 members (excludes halogenated alkanes) is 1. The second-order valence-electron chi connectivity index (χ2n) is 7.30. The van der Waals surface area contributed by atoms with Gasteiger partial charge in [-0.1, -0.05) is 17.8 Å². The molecule has 0 bridgehead atoms. The van der Waals surface area contributed by atoms with Crippen LogP contribution in [0.1, 0.15) is 42.5 Å². The summed E-state index contributed by atoms with van der Waals surface area (Å²) < 4.78 is 16.8. The first-order valence-electron chi connectivity index (χ1n) is 9.73. The Morgan fingerprint density at radius 3 is 2.83 bits per heavy atom. The number of methoxy groups -OCH3 is 1. The van der Waals surface area contributed by atoms with E-state index in [-0.39, 0.29) is 17.8 Å². The number of nitrogens with one attached hydrogen (secondary N) is 1. The summed E-state index contributed by atoms with van der Waals surface area (Å²) in [4.78, 5) is 24.2. The van der Waals surface area contributed by atoms with Crippen LogP contribution < -0.4 is 10.1 Å². The molecule has 0 radical (unpaired) electrons. The molecule has 0 aromatic heterocycles. The van der Waals surface area contributed by atoms with Gasteiger partial charge in [-0.2, -0.15) is 0 Å². The average Bonchev–Trinajstić information content (AvgIpc) is 3.15. The van der Waals surface area contributed by atoms with E-state index < -0.39 is 23.9 Å². The number of rotatable bonds is 8. The lowest BCUT2D eigenvalue weighted by Gasteiger charge is -2.43. The highest BCUT2D eigenvalue weighted by molar-refractivity contribution is 8.14. The fourth-order valence-corrected chi connectivity index (χ4v) is 4.53. The predicted octanol–water partition coefficient (Wildman–Crippen LogP) is 3.27. The average molecular weight is 422 g/mol. The van der Waals surface area contributed by atoms with Crippen molar-refractivity contribution in [2.24, 2.45) is 0 Å². The lowest BCUT2D eigenvalue weighted by Crippen LogP contribution is -2.58. The molecular weight excluding hydrogens is 394 g/mol. The highest BCUT2D eigenvalue weighted by Gasteiger charge is 2.49. The van der Waals surface area contributed by atoms with Crippen LogP contribution in [-0.2, 0) is 9.47 Å². The van der Waals surface area contributed by atoms with Crippen molar-refractivity contribution < 1.29 is 28.9 Å². The molecule has 29 heavy (non-hydrogen) atoms. The fraction of sp³-hybridized carbons (Fsp3) is 0.524. The van der Waals surface area contributed by atoms with Crippen LogP contribution in [0.4, 0.5) is 4.79 Å². The van der Waals surface area contributed by atoms with E-state index in [1.54, 1.807) is 31.4 Å². The van der Waals surface area contributed by atoms with Gasteiger partial charge in [-0.25, -0.2) is 4.79 Å². The van der Waals surface area contributed by atoms with Gasteiger partial charge in [0.25, 0.3) is 5.24 Å². The van der Waals surface area contributed by atoms with Crippen molar-refractivity contribution in [1.29, 1.82) is 0 Å². The molecule has 158 valence electrons. The van der Waals surface area contributed by atoms with Crippen LogP contribution in [-0.4, -0.2) is 53.2 Å². The van der Waals surface area contributed by atoms with Crippen molar-refractivity contribution in [2.45, 2.75) is 56.1 Å². The topological polar surface area (TPSA) is 94.1 Å². The molecule has 0 unspecified atom stereocenters. The Balaban J connectivity index is 1.70. The maximum Gasteiger partial charge on any atom is 0.338 e. The van der Waals surface area contributed by atoms with Gasteiger partial charge >= 0.3 is 5.97 Å². The number of ether oxygens (including phenoxy) is 3. The number of thioether (sulfide) groups is 1. The zero-order chi connectivity index (χ0) is 20.9. The van der Waals surface area contributed by atoms with Crippen LogP contribution in [0.15, 0.2) is 36.9 Å². The van der Waals surface area contributed by atoms with Crippen LogP contribution in [0.2, 0.25) is 0 Å². The first-order valence-corrected chi connectivity index (χ1v) is 10.7. The third-order valence-corrected chi connectivity index (χ3v) is 6.05. The number of carbonyl (C=O) groups excluding carboxylic acids is 2. The molecule has 8 heteroatoms. The lowest BCUT2D eigenvalue weighted by molar-refractivity contribution is -0.281. The number of hydrogen-bond acceptors (Lipinski definition) is 7. The maximum absolute atomic E-state index is 12.6. The van der Waals surface area contributed by atoms with Crippen LogP contribution in [0, 0.1) is 0 Å². The second kappa shape index (κ2) is 9.65. The van der Waals surface area contributed by atoms with Gasteiger partial charge in [0.1, 0.15) is 11.9 Å². The predicted molar refractivity (Wildman–Crippen MR) is 110 cm³/mol. The molecule has 0 saturated carbocycles. The number of esters is 1. The van der Waals surface area contributed by atoms with E-state index in [0.717, 1.165) is 24.6 Å². The van der Waals surface area contributed by atoms with Crippen molar-refractivity contribution in [2.75, 3.05) is 12.9 Å². The van der Waals surface area contributed by atoms with E-state index in [1.165, 1.54) is 0 Å². The Morgan fingerprint density at radius 1 is 1.45 bits per heavy atom. The Bertz CT molecular complexity index is 739. The summed E-state index contributed by atoms with van der Waals surface area (Å²) >= 11 is 1.11. The number of aliphatic hydroxyl groups is 1. The van der Waals surface area contributed by atoms with E-state index in [9.17, 15) is 14.7 Å². The summed E-state index contributed by atoms with van der Waals surface area (Å²) in [5.41, 5.74) is 0.411. The molecule has 2 aliphatic heterocycles. The molecule has 3 rings (SSSR count). The van der Waals surface area contributed by atoms with Gasteiger partial charge in [0.15, 0.2) is 5.79 Å². The highest BCUT2D eigenvalue weighted by Crippen LogP contribution is 2.36. The summed E-state index contributed by atoms with van der Waals surface area (Å²) in [5, 5.41) is 13.7. The zero-order valence-electron chi connectivity index (χ0n) is 16.5. The van der Waals surface area contributed by atoms with Crippen molar-refractivity contribution in [3.63, 3.8) is 0 Å². The molecule has 2 heterocycles. The third kappa shape index (κ3) is 5.52. The molecule has 2 fully saturated rings. The molecule has 2 saturated heterocycles. The molecule has 0 spiro atoms. The highest BCUT2D eigenvalue weighted by atomic mass is 32.2. The second-order valence-corrected chi connectivity index (χ2v) is 8.29. The number of hydrogen-bond donors (Lipinski definition) is 2. The number of carbonyl (C=O) groups is 2. The van der Waals surface area contributed by atoms with Crippen molar-refractivity contribution >= 4 is 23.0 Å². The van der Waals surface area contributed by atoms with Crippen molar-refractivity contribution in [3.8, 4) is 5.75 Å². The summed E-state index contributed by atoms with van der Waals surface area (Å²) in [5.74, 6) is -0.968. The van der Waals surface area contributed by atoms with E-state index in [2.05, 4.69) is 11.9 Å². The Morgan fingerprint density at radius 2 is 2.21 bits per heavy atom. The maximum atomic E-state index is 12.6. The minimum absolute atomic E-state index is 0.109. The fourth-order valence-electron chi connectivity index (χ4n) is 3.64. The van der Waals surface area contributed by atoms with Crippen molar-refractivity contribution in [1.82, 2.24) is 5.32 Å². The van der Waals surface area contributed by atoms with Crippen LogP contribution >= 0.6 is 11.8 Å². The molecule has 4 atom stereocenters. The third-order valence-electron chi connectivity index (χ3n) is 5.17. The summed E-state index contributed by atoms with van der Waals surface area (Å²) in [6, 6.07) is 6.13. The molecule has 1 aromatic carbocycles. The smallest absolute Gasteiger partial charge is 0.338 e. The molecule has 1 aromatic rings. The van der Waals surface area contributed by atoms with Gasteiger partial charge in [-0.05, 0) is 43.5 Å². The lowest BCUT2D eigenvalue weighted by atomic mass is 9.91. The number of benzene rings is 1. The monoisotopic (exact) mass is 421 g/mol. The summed E-state index contributed by atoms with van der Waals surface area (Å²) in [7, 11) is 1.56. The molecule has 2 N–H and O–H groups in total. The Hall–Kier alpha value is -2.03. The van der Waals surface area contributed by atoms with Crippen molar-refractivity contribution in [3.05, 3.63) is 42.5 Å². The van der Waals surface area contributed by atoms with Crippen LogP contribution in [0.5, 0.6) is 5.75 Å². The molecular formula is C21H27NO6S. The molecule has 7 nitrogen and oxygen atoms in total. The number of amides is 1. The molecule has 1 amide bonds. The van der Waals surface area contributed by atoms with Gasteiger partial charge in [-0.3, -0.25) is 4.79 Å². The quantitative estimate of drug-likeness (QED) is 0.378. The van der Waals surface area contributed by atoms with E-state index in [4.69, 9.17) is 14.2 Å². The Labute approximate surface area is 174 Å². The van der Waals surface area contributed by atoms with Gasteiger partial charge in [0.05, 0.1) is 24.8 Å². The largest absolute Gasteiger partial charge is 0.497 e. The van der Waals surface area contributed by atoms with E-state index >= 15 is 0 Å². The van der Waals surface area contributed by atoms with Crippen LogP contribution in [0.25, 0.3) is 0 Å². The molecule has 2 aliphatic rings. The standard InChI is InChI=1S/C21H27NO6S/c1-3-4-5-6-16-11-17(12-21(25,28-16)18-13-29-20(24)22-18)27-19(23)14-7-9-15(26-2)10-8-14/h3,7-10,16-18,25H,1,4-6,11-13H2,2H3,(H,22,24)/t16-,17-,18+,21-/m1/s1. The normalized spacial score (nSPS) is 29.2. The van der Waals surface area contributed by atoms with Gasteiger partial charge in [0, 0.05) is 18.6 Å². The first kappa shape index (κ1) is 21.7. The van der Waals surface area contributed by atoms with Gasteiger partial charge < -0.3 is 24.6 Å². The van der Waals surface area contributed by atoms with Gasteiger partial charge in [0.2, 0.25) is 0 Å². The minimum Gasteiger partial charge on any atom is -0.497 e. The zero-order valence-corrected chi connectivity index (χ0v) is 17.3. The molecule has 0 aliphatic carbocycles. The van der Waals surface area contributed by atoms with E-state index in [1.807, 2.05) is 6.08 Å². The first-order chi connectivity index (χ1) is 13.9. The Kier molecular flexibility index (Phi) is 7.21. The SMILES string of the molecule is C=CCCC[C@@H]1C[C@@H](OC(=O)c2ccc(OC)cc2)C[C@](O)([C@@H]2CSC(=O)N2)O1.